The lowest BCUT2D eigenvalue weighted by Crippen LogP contribution is -2.36. The molecular weight excluding hydrogens is 403 g/mol. The number of nitrogens with one attached hydrogen (secondary N) is 1. The Morgan fingerprint density at radius 3 is 2.67 bits per heavy atom. The van der Waals surface area contributed by atoms with Gasteiger partial charge >= 0.3 is 5.69 Å². The molecule has 1 aliphatic rings. The zero-order valence-electron chi connectivity index (χ0n) is 16.5. The number of hydrogen-bond donors (Lipinski definition) is 1. The number of carbonyl (C=O) groups excluding carboxylic acids is 1. The van der Waals surface area contributed by atoms with Gasteiger partial charge in [0.1, 0.15) is 11.6 Å². The predicted octanol–water partition coefficient (Wildman–Crippen LogP) is 2.85. The molecule has 1 atom stereocenters. The Morgan fingerprint density at radius 1 is 1.13 bits per heavy atom. The number of aryl methyl sites for hydroxylation is 1. The highest BCUT2D eigenvalue weighted by molar-refractivity contribution is 8.00. The van der Waals surface area contributed by atoms with Crippen molar-refractivity contribution >= 4 is 17.7 Å². The third kappa shape index (κ3) is 4.99. The van der Waals surface area contributed by atoms with Crippen molar-refractivity contribution in [1.82, 2.24) is 19.7 Å². The lowest BCUT2D eigenvalue weighted by molar-refractivity contribution is -0.119. The Morgan fingerprint density at radius 2 is 1.90 bits per heavy atom. The molecule has 4 rings (SSSR count). The maximum atomic E-state index is 13.1. The van der Waals surface area contributed by atoms with Crippen LogP contribution in [0.2, 0.25) is 0 Å². The highest BCUT2D eigenvalue weighted by Crippen LogP contribution is 2.17. The van der Waals surface area contributed by atoms with Crippen LogP contribution < -0.4 is 11.0 Å². The first-order valence-corrected chi connectivity index (χ1v) is 11.0. The second-order valence-corrected chi connectivity index (χ2v) is 8.38. The van der Waals surface area contributed by atoms with Gasteiger partial charge in [0, 0.05) is 23.9 Å². The molecule has 2 aromatic carbocycles. The summed E-state index contributed by atoms with van der Waals surface area (Å²) in [5, 5.41) is 7.56. The highest BCUT2D eigenvalue weighted by atomic mass is 32.2. The lowest BCUT2D eigenvalue weighted by atomic mass is 10.1. The van der Waals surface area contributed by atoms with Crippen LogP contribution in [0.15, 0.2) is 64.3 Å². The van der Waals surface area contributed by atoms with Gasteiger partial charge in [0.2, 0.25) is 5.91 Å². The highest BCUT2D eigenvalue weighted by Gasteiger charge is 2.22. The molecule has 0 fully saturated rings. The zero-order chi connectivity index (χ0) is 20.9. The van der Waals surface area contributed by atoms with Crippen LogP contribution in [0.1, 0.15) is 24.2 Å². The van der Waals surface area contributed by atoms with Crippen molar-refractivity contribution in [2.24, 2.45) is 0 Å². The van der Waals surface area contributed by atoms with Gasteiger partial charge in [-0.3, -0.25) is 9.36 Å². The summed E-state index contributed by atoms with van der Waals surface area (Å²) >= 11 is 1.51. The maximum Gasteiger partial charge on any atom is 0.346 e. The van der Waals surface area contributed by atoms with Gasteiger partial charge in [0.15, 0.2) is 0 Å². The minimum absolute atomic E-state index is 0.00196. The van der Waals surface area contributed by atoms with Gasteiger partial charge in [-0.15, -0.1) is 11.8 Å². The summed E-state index contributed by atoms with van der Waals surface area (Å²) < 4.78 is 16.2. The number of hydrogen-bond acceptors (Lipinski definition) is 4. The molecule has 1 unspecified atom stereocenters. The molecule has 6 nitrogen and oxygen atoms in total. The predicted molar refractivity (Wildman–Crippen MR) is 114 cm³/mol. The van der Waals surface area contributed by atoms with Gasteiger partial charge in [-0.25, -0.2) is 13.9 Å². The van der Waals surface area contributed by atoms with Gasteiger partial charge in [0.05, 0.1) is 12.3 Å². The number of benzene rings is 2. The molecule has 0 radical (unpaired) electrons. The molecule has 1 amide bonds. The van der Waals surface area contributed by atoms with E-state index in [0.29, 0.717) is 31.7 Å². The summed E-state index contributed by atoms with van der Waals surface area (Å²) in [6, 6.07) is 15.9. The van der Waals surface area contributed by atoms with E-state index < -0.39 is 0 Å². The van der Waals surface area contributed by atoms with Gasteiger partial charge < -0.3 is 5.32 Å². The number of amides is 1. The Balaban J connectivity index is 1.33. The standard InChI is InChI=1S/C22H23FN4O2S/c23-17-8-6-16(7-9-17)14-27-22(29)26-13-12-18(10-11-20(26)25-27)24-21(28)15-30-19-4-2-1-3-5-19/h1-9,18H,10-15H2,(H,24,28). The average Bonchev–Trinajstić information content (AvgIpc) is 2.92. The van der Waals surface area contributed by atoms with Crippen molar-refractivity contribution in [3.63, 3.8) is 0 Å². The second-order valence-electron chi connectivity index (χ2n) is 7.33. The van der Waals surface area contributed by atoms with Crippen LogP contribution in [0.25, 0.3) is 0 Å². The molecule has 3 aromatic rings. The minimum Gasteiger partial charge on any atom is -0.353 e. The van der Waals surface area contributed by atoms with Crippen LogP contribution in [0.4, 0.5) is 4.39 Å². The number of aromatic nitrogens is 3. The quantitative estimate of drug-likeness (QED) is 0.616. The number of halogens is 1. The van der Waals surface area contributed by atoms with E-state index in [4.69, 9.17) is 0 Å². The summed E-state index contributed by atoms with van der Waals surface area (Å²) in [5.74, 6) is 0.803. The minimum atomic E-state index is -0.304. The molecule has 2 heterocycles. The van der Waals surface area contributed by atoms with Gasteiger partial charge in [0.25, 0.3) is 0 Å². The van der Waals surface area contributed by atoms with Crippen molar-refractivity contribution in [3.8, 4) is 0 Å². The number of carbonyl (C=O) groups is 1. The zero-order valence-corrected chi connectivity index (χ0v) is 17.3. The Hall–Kier alpha value is -2.87. The maximum absolute atomic E-state index is 13.1. The normalized spacial score (nSPS) is 16.0. The monoisotopic (exact) mass is 426 g/mol. The number of thioether (sulfide) groups is 1. The summed E-state index contributed by atoms with van der Waals surface area (Å²) in [7, 11) is 0. The molecule has 8 heteroatoms. The molecular formula is C22H23FN4O2S. The first-order valence-electron chi connectivity index (χ1n) is 9.96. The van der Waals surface area contributed by atoms with Gasteiger partial charge in [-0.05, 0) is 42.7 Å². The van der Waals surface area contributed by atoms with Crippen LogP contribution >= 0.6 is 11.8 Å². The summed E-state index contributed by atoms with van der Waals surface area (Å²) in [6.45, 7) is 0.838. The van der Waals surface area contributed by atoms with E-state index in [1.54, 1.807) is 16.7 Å². The molecule has 0 spiro atoms. The van der Waals surface area contributed by atoms with Crippen molar-refractivity contribution < 1.29 is 9.18 Å². The molecule has 1 aliphatic heterocycles. The van der Waals surface area contributed by atoms with E-state index in [0.717, 1.165) is 22.7 Å². The van der Waals surface area contributed by atoms with Crippen LogP contribution in [-0.2, 0) is 24.3 Å². The third-order valence-electron chi connectivity index (χ3n) is 5.14. The average molecular weight is 427 g/mol. The summed E-state index contributed by atoms with van der Waals surface area (Å²) in [6.07, 6.45) is 2.06. The van der Waals surface area contributed by atoms with E-state index in [-0.39, 0.29) is 23.5 Å². The van der Waals surface area contributed by atoms with Crippen molar-refractivity contribution in [2.75, 3.05) is 5.75 Å². The number of nitrogens with zero attached hydrogens (tertiary/aromatic N) is 3. The lowest BCUT2D eigenvalue weighted by Gasteiger charge is -2.16. The van der Waals surface area contributed by atoms with E-state index in [1.807, 2.05) is 30.3 Å². The van der Waals surface area contributed by atoms with Gasteiger partial charge in [-0.2, -0.15) is 5.10 Å². The topological polar surface area (TPSA) is 68.9 Å². The molecule has 0 bridgehead atoms. The molecule has 1 aromatic heterocycles. The van der Waals surface area contributed by atoms with Crippen molar-refractivity contribution in [3.05, 3.63) is 82.3 Å². The molecule has 0 aliphatic carbocycles. The smallest absolute Gasteiger partial charge is 0.346 e. The Bertz CT molecular complexity index is 1060. The fraction of sp³-hybridized carbons (Fsp3) is 0.318. The largest absolute Gasteiger partial charge is 0.353 e. The van der Waals surface area contributed by atoms with Crippen LogP contribution in [0.5, 0.6) is 0 Å². The first-order chi connectivity index (χ1) is 14.6. The van der Waals surface area contributed by atoms with E-state index in [1.165, 1.54) is 28.6 Å². The third-order valence-corrected chi connectivity index (χ3v) is 6.15. The van der Waals surface area contributed by atoms with E-state index in [9.17, 15) is 14.0 Å². The fourth-order valence-electron chi connectivity index (χ4n) is 3.57. The van der Waals surface area contributed by atoms with Crippen LogP contribution in [-0.4, -0.2) is 32.0 Å². The van der Waals surface area contributed by atoms with E-state index in [2.05, 4.69) is 10.4 Å². The van der Waals surface area contributed by atoms with Crippen LogP contribution in [0, 0.1) is 5.82 Å². The molecule has 0 saturated carbocycles. The fourth-order valence-corrected chi connectivity index (χ4v) is 4.30. The molecule has 30 heavy (non-hydrogen) atoms. The van der Waals surface area contributed by atoms with Crippen LogP contribution in [0.3, 0.4) is 0 Å². The summed E-state index contributed by atoms with van der Waals surface area (Å²) in [4.78, 5) is 26.1. The Labute approximate surface area is 178 Å². The molecule has 1 N–H and O–H groups in total. The van der Waals surface area contributed by atoms with Crippen molar-refractivity contribution in [2.45, 2.75) is 43.3 Å². The summed E-state index contributed by atoms with van der Waals surface area (Å²) in [5.41, 5.74) is 0.661. The Kier molecular flexibility index (Phi) is 6.32. The van der Waals surface area contributed by atoms with E-state index >= 15 is 0 Å². The SMILES string of the molecule is O=C(CSc1ccccc1)NC1CCc2nn(Cc3ccc(F)cc3)c(=O)n2CC1. The second kappa shape index (κ2) is 9.30. The number of fused-ring (bicyclic) bond motifs is 1. The van der Waals surface area contributed by atoms with Gasteiger partial charge in [-0.1, -0.05) is 30.3 Å². The van der Waals surface area contributed by atoms with Crippen molar-refractivity contribution in [1.29, 1.82) is 0 Å². The number of rotatable bonds is 6. The molecule has 0 saturated heterocycles. The first kappa shape index (κ1) is 20.4. The molecule has 156 valence electrons.